The van der Waals surface area contributed by atoms with Gasteiger partial charge < -0.3 is 10.2 Å². The lowest BCUT2D eigenvalue weighted by Gasteiger charge is -2.20. The summed E-state index contributed by atoms with van der Waals surface area (Å²) >= 11 is 0. The molecule has 140 valence electrons. The Kier molecular flexibility index (Phi) is 5.45. The number of anilines is 3. The summed E-state index contributed by atoms with van der Waals surface area (Å²) < 4.78 is 0. The first kappa shape index (κ1) is 18.9. The molecule has 0 saturated carbocycles. The third-order valence-corrected chi connectivity index (χ3v) is 4.47. The van der Waals surface area contributed by atoms with E-state index in [1.54, 1.807) is 0 Å². The number of benzene rings is 2. The van der Waals surface area contributed by atoms with E-state index in [4.69, 9.17) is 4.98 Å². The van der Waals surface area contributed by atoms with E-state index in [0.29, 0.717) is 5.95 Å². The lowest BCUT2D eigenvalue weighted by molar-refractivity contribution is 0.590. The quantitative estimate of drug-likeness (QED) is 0.656. The molecule has 2 aromatic carbocycles. The van der Waals surface area contributed by atoms with Gasteiger partial charge in [0.2, 0.25) is 5.95 Å². The number of nitrogens with zero attached hydrogens (tertiary/aromatic N) is 3. The van der Waals surface area contributed by atoms with E-state index in [9.17, 15) is 0 Å². The predicted molar refractivity (Wildman–Crippen MR) is 114 cm³/mol. The van der Waals surface area contributed by atoms with Gasteiger partial charge in [0.05, 0.1) is 0 Å². The van der Waals surface area contributed by atoms with Gasteiger partial charge in [-0.2, -0.15) is 4.98 Å². The Hall–Kier alpha value is -2.88. The summed E-state index contributed by atoms with van der Waals surface area (Å²) in [7, 11) is 2.02. The summed E-state index contributed by atoms with van der Waals surface area (Å²) in [4.78, 5) is 11.4. The van der Waals surface area contributed by atoms with Gasteiger partial charge in [0, 0.05) is 31.0 Å². The summed E-state index contributed by atoms with van der Waals surface area (Å²) in [6.07, 6.45) is 0. The summed E-state index contributed by atoms with van der Waals surface area (Å²) in [5, 5.41) is 3.40. The van der Waals surface area contributed by atoms with Crippen molar-refractivity contribution in [3.05, 3.63) is 77.5 Å². The lowest BCUT2D eigenvalue weighted by atomic mass is 9.87. The number of aryl methyl sites for hydroxylation is 1. The van der Waals surface area contributed by atoms with E-state index in [1.165, 1.54) is 11.1 Å². The Labute approximate surface area is 162 Å². The van der Waals surface area contributed by atoms with Crippen molar-refractivity contribution in [2.75, 3.05) is 17.3 Å². The molecule has 3 aromatic rings. The fourth-order valence-electron chi connectivity index (χ4n) is 2.92. The molecule has 0 saturated heterocycles. The second-order valence-corrected chi connectivity index (χ2v) is 7.99. The fraction of sp³-hybridized carbons (Fsp3) is 0.304. The SMILES string of the molecule is Cc1cc(Nc2ccc(C(C)(C)C)cc2)nc(N(C)Cc2ccccc2)n1. The zero-order chi connectivity index (χ0) is 19.4. The monoisotopic (exact) mass is 360 g/mol. The van der Waals surface area contributed by atoms with Crippen LogP contribution in [0.25, 0.3) is 0 Å². The topological polar surface area (TPSA) is 41.1 Å². The summed E-state index contributed by atoms with van der Waals surface area (Å²) in [6, 6.07) is 20.9. The molecule has 0 amide bonds. The molecule has 0 atom stereocenters. The van der Waals surface area contributed by atoms with Crippen LogP contribution in [0.3, 0.4) is 0 Å². The molecule has 0 spiro atoms. The fourth-order valence-corrected chi connectivity index (χ4v) is 2.92. The first-order valence-electron chi connectivity index (χ1n) is 9.29. The Bertz CT molecular complexity index is 881. The smallest absolute Gasteiger partial charge is 0.227 e. The molecule has 4 heteroatoms. The van der Waals surface area contributed by atoms with Gasteiger partial charge in [-0.1, -0.05) is 63.2 Å². The van der Waals surface area contributed by atoms with E-state index in [2.05, 4.69) is 84.5 Å². The number of rotatable bonds is 5. The highest BCUT2D eigenvalue weighted by molar-refractivity contribution is 5.58. The maximum absolute atomic E-state index is 4.70. The van der Waals surface area contributed by atoms with Gasteiger partial charge in [-0.3, -0.25) is 0 Å². The third kappa shape index (κ3) is 5.07. The van der Waals surface area contributed by atoms with Crippen molar-refractivity contribution < 1.29 is 0 Å². The molecule has 1 N–H and O–H groups in total. The summed E-state index contributed by atoms with van der Waals surface area (Å²) in [5.41, 5.74) is 4.66. The normalized spacial score (nSPS) is 11.3. The van der Waals surface area contributed by atoms with Crippen molar-refractivity contribution in [2.24, 2.45) is 0 Å². The van der Waals surface area contributed by atoms with E-state index in [-0.39, 0.29) is 5.41 Å². The second-order valence-electron chi connectivity index (χ2n) is 7.99. The van der Waals surface area contributed by atoms with Crippen LogP contribution in [-0.4, -0.2) is 17.0 Å². The molecule has 4 nitrogen and oxygen atoms in total. The van der Waals surface area contributed by atoms with Crippen LogP contribution >= 0.6 is 0 Å². The first-order chi connectivity index (χ1) is 12.8. The first-order valence-corrected chi connectivity index (χ1v) is 9.29. The van der Waals surface area contributed by atoms with Crippen LogP contribution in [0, 0.1) is 6.92 Å². The number of aromatic nitrogens is 2. The molecule has 0 aliphatic rings. The molecule has 0 aliphatic heterocycles. The highest BCUT2D eigenvalue weighted by atomic mass is 15.2. The third-order valence-electron chi connectivity index (χ3n) is 4.47. The predicted octanol–water partition coefficient (Wildman–Crippen LogP) is 5.46. The standard InChI is InChI=1S/C23H28N4/c1-17-15-21(25-20-13-11-19(12-14-20)23(2,3)4)26-22(24-17)27(5)16-18-9-7-6-8-10-18/h6-15H,16H2,1-5H3,(H,24,25,26). The number of hydrogen-bond acceptors (Lipinski definition) is 4. The zero-order valence-corrected chi connectivity index (χ0v) is 16.8. The van der Waals surface area contributed by atoms with Crippen molar-refractivity contribution in [3.8, 4) is 0 Å². The Morgan fingerprint density at radius 1 is 0.926 bits per heavy atom. The Morgan fingerprint density at radius 3 is 2.22 bits per heavy atom. The van der Waals surface area contributed by atoms with Gasteiger partial charge in [0.25, 0.3) is 0 Å². The van der Waals surface area contributed by atoms with Crippen LogP contribution in [0.1, 0.15) is 37.6 Å². The zero-order valence-electron chi connectivity index (χ0n) is 16.8. The highest BCUT2D eigenvalue weighted by Crippen LogP contribution is 2.25. The maximum Gasteiger partial charge on any atom is 0.227 e. The minimum atomic E-state index is 0.150. The van der Waals surface area contributed by atoms with Crippen LogP contribution in [0.4, 0.5) is 17.5 Å². The van der Waals surface area contributed by atoms with E-state index in [1.807, 2.05) is 26.1 Å². The van der Waals surface area contributed by atoms with Crippen LogP contribution < -0.4 is 10.2 Å². The van der Waals surface area contributed by atoms with Crippen molar-refractivity contribution in [3.63, 3.8) is 0 Å². The lowest BCUT2D eigenvalue weighted by Crippen LogP contribution is -2.19. The minimum absolute atomic E-state index is 0.150. The molecule has 0 unspecified atom stereocenters. The molecule has 0 aliphatic carbocycles. The highest BCUT2D eigenvalue weighted by Gasteiger charge is 2.13. The molecule has 3 rings (SSSR count). The molecule has 0 radical (unpaired) electrons. The van der Waals surface area contributed by atoms with Gasteiger partial charge >= 0.3 is 0 Å². The van der Waals surface area contributed by atoms with Crippen LogP contribution in [0.5, 0.6) is 0 Å². The Morgan fingerprint density at radius 2 is 1.59 bits per heavy atom. The van der Waals surface area contributed by atoms with Gasteiger partial charge in [0.15, 0.2) is 0 Å². The van der Waals surface area contributed by atoms with Crippen molar-refractivity contribution in [2.45, 2.75) is 39.7 Å². The number of nitrogens with one attached hydrogen (secondary N) is 1. The van der Waals surface area contributed by atoms with Crippen LogP contribution in [0.2, 0.25) is 0 Å². The second kappa shape index (κ2) is 7.78. The Balaban J connectivity index is 1.77. The molecular weight excluding hydrogens is 332 g/mol. The molecule has 1 aromatic heterocycles. The molecular formula is C23H28N4. The molecule has 27 heavy (non-hydrogen) atoms. The minimum Gasteiger partial charge on any atom is -0.340 e. The summed E-state index contributed by atoms with van der Waals surface area (Å²) in [5.74, 6) is 1.52. The number of hydrogen-bond donors (Lipinski definition) is 1. The van der Waals surface area contributed by atoms with Crippen LogP contribution in [-0.2, 0) is 12.0 Å². The van der Waals surface area contributed by atoms with Gasteiger partial charge in [-0.05, 0) is 35.6 Å². The average Bonchev–Trinajstić information content (AvgIpc) is 2.62. The van der Waals surface area contributed by atoms with Crippen LogP contribution in [0.15, 0.2) is 60.7 Å². The van der Waals surface area contributed by atoms with Gasteiger partial charge in [-0.25, -0.2) is 4.98 Å². The van der Waals surface area contributed by atoms with Gasteiger partial charge in [0.1, 0.15) is 5.82 Å². The summed E-state index contributed by atoms with van der Waals surface area (Å²) in [6.45, 7) is 9.42. The van der Waals surface area contributed by atoms with E-state index in [0.717, 1.165) is 23.7 Å². The molecule has 1 heterocycles. The van der Waals surface area contributed by atoms with E-state index < -0.39 is 0 Å². The van der Waals surface area contributed by atoms with Crippen molar-refractivity contribution >= 4 is 17.5 Å². The van der Waals surface area contributed by atoms with Gasteiger partial charge in [-0.15, -0.1) is 0 Å². The molecule has 0 fully saturated rings. The van der Waals surface area contributed by atoms with Crippen molar-refractivity contribution in [1.82, 2.24) is 9.97 Å². The molecule has 0 bridgehead atoms. The van der Waals surface area contributed by atoms with Crippen molar-refractivity contribution in [1.29, 1.82) is 0 Å². The average molecular weight is 361 g/mol. The maximum atomic E-state index is 4.70. The largest absolute Gasteiger partial charge is 0.340 e. The van der Waals surface area contributed by atoms with E-state index >= 15 is 0 Å².